The Morgan fingerprint density at radius 1 is 0.452 bits per heavy atom. The van der Waals surface area contributed by atoms with Gasteiger partial charge in [-0.05, 0) is 81.6 Å². The Morgan fingerprint density at radius 3 is 1.33 bits per heavy atom. The minimum atomic E-state index is -0.350. The lowest BCUT2D eigenvalue weighted by molar-refractivity contribution is 0.0502. The van der Waals surface area contributed by atoms with Crippen molar-refractivity contribution < 1.29 is 19.2 Å². The van der Waals surface area contributed by atoms with Crippen LogP contribution in [0.1, 0.15) is 73.5 Å². The molecule has 9 rings (SSSR count). The highest BCUT2D eigenvalue weighted by atomic mass is 16.2. The van der Waals surface area contributed by atoms with Gasteiger partial charge in [-0.25, -0.2) is 4.90 Å². The van der Waals surface area contributed by atoms with Gasteiger partial charge in [0.05, 0.1) is 5.69 Å². The Bertz CT molecular complexity index is 2090. The molecule has 0 saturated heterocycles. The molecule has 0 unspecified atom stereocenters. The minimum absolute atomic E-state index is 0.0587. The highest BCUT2D eigenvalue weighted by molar-refractivity contribution is 6.43. The number of carbonyl (C=O) groups is 4. The Kier molecular flexibility index (Phi) is 4.62. The third-order valence-electron chi connectivity index (χ3n) is 9.62. The molecule has 6 aromatic rings. The summed E-state index contributed by atoms with van der Waals surface area (Å²) in [7, 11) is 0. The number of hydrogen-bond donors (Lipinski definition) is 0. The van der Waals surface area contributed by atoms with Gasteiger partial charge in [-0.3, -0.25) is 24.1 Å². The van der Waals surface area contributed by atoms with Gasteiger partial charge in [0, 0.05) is 39.1 Å². The van der Waals surface area contributed by atoms with E-state index in [0.717, 1.165) is 64.4 Å². The van der Waals surface area contributed by atoms with Crippen LogP contribution < -0.4 is 4.90 Å². The summed E-state index contributed by atoms with van der Waals surface area (Å²) in [6.45, 7) is 0. The van der Waals surface area contributed by atoms with Crippen molar-refractivity contribution in [3.05, 3.63) is 101 Å². The van der Waals surface area contributed by atoms with E-state index in [1.165, 1.54) is 9.80 Å². The molecule has 2 aliphatic heterocycles. The fourth-order valence-corrected chi connectivity index (χ4v) is 7.77. The topological polar surface area (TPSA) is 74.8 Å². The number of para-hydroxylation sites is 1. The number of rotatable bonds is 2. The summed E-state index contributed by atoms with van der Waals surface area (Å²) >= 11 is 0. The number of nitrogens with zero attached hydrogens (tertiary/aromatic N) is 2. The van der Waals surface area contributed by atoms with E-state index in [4.69, 9.17) is 0 Å². The largest absolute Gasteiger partial charge is 0.271 e. The summed E-state index contributed by atoms with van der Waals surface area (Å²) in [5.41, 5.74) is 2.63. The van der Waals surface area contributed by atoms with Crippen LogP contribution >= 0.6 is 0 Å². The first-order valence-corrected chi connectivity index (χ1v) is 14.6. The zero-order chi connectivity index (χ0) is 28.3. The molecule has 1 aliphatic carbocycles. The van der Waals surface area contributed by atoms with Gasteiger partial charge in [0.2, 0.25) is 0 Å². The molecule has 1 saturated carbocycles. The fourth-order valence-electron chi connectivity index (χ4n) is 7.77. The molecule has 6 nitrogen and oxygen atoms in total. The number of fused-ring (bicyclic) bond motifs is 2. The first-order valence-electron chi connectivity index (χ1n) is 14.6. The van der Waals surface area contributed by atoms with Gasteiger partial charge in [-0.2, -0.15) is 0 Å². The standard InChI is InChI=1S/C36H24N2O4/c39-33-25-15-11-21-23-13-17-27-32-28(36(42)38(35(27)41)20-9-5-2-6-10-20)18-14-24(30(23)32)22-12-16-26(31(25)29(21)22)34(40)37(33)19-7-3-1-4-8-19/h1,3-4,7-8,11-18,20H,2,5-6,9-10H2. The summed E-state index contributed by atoms with van der Waals surface area (Å²) < 4.78 is 0. The lowest BCUT2D eigenvalue weighted by atomic mass is 9.81. The smallest absolute Gasteiger partial charge is 0.265 e. The highest BCUT2D eigenvalue weighted by Gasteiger charge is 2.39. The second kappa shape index (κ2) is 8.23. The van der Waals surface area contributed by atoms with Gasteiger partial charge < -0.3 is 0 Å². The molecule has 0 atom stereocenters. The second-order valence-electron chi connectivity index (χ2n) is 11.7. The zero-order valence-electron chi connectivity index (χ0n) is 22.6. The van der Waals surface area contributed by atoms with Crippen LogP contribution in [0.3, 0.4) is 0 Å². The summed E-state index contributed by atoms with van der Waals surface area (Å²) in [6.07, 6.45) is 4.90. The van der Waals surface area contributed by atoms with Crippen molar-refractivity contribution in [2.45, 2.75) is 38.1 Å². The molecule has 0 N–H and O–H groups in total. The lowest BCUT2D eigenvalue weighted by Crippen LogP contribution is -2.47. The number of amides is 4. The predicted octanol–water partition coefficient (Wildman–Crippen LogP) is 7.47. The molecule has 4 amide bonds. The molecular formula is C36H24N2O4. The van der Waals surface area contributed by atoms with Crippen molar-refractivity contribution in [1.82, 2.24) is 4.90 Å². The predicted molar refractivity (Wildman–Crippen MR) is 163 cm³/mol. The van der Waals surface area contributed by atoms with Crippen molar-refractivity contribution in [2.24, 2.45) is 0 Å². The SMILES string of the molecule is O=C1c2ccc3c4ccc5c6c(ccc(c7ccc(c2c37)C(=O)N1c1ccccc1)c64)C(=O)N(C1CCCCC1)C5=O. The summed E-state index contributed by atoms with van der Waals surface area (Å²) in [6, 6.07) is 24.1. The van der Waals surface area contributed by atoms with Gasteiger partial charge >= 0.3 is 0 Å². The number of carbonyl (C=O) groups excluding carboxylic acids is 4. The molecule has 42 heavy (non-hydrogen) atoms. The number of hydrogen-bond acceptors (Lipinski definition) is 4. The lowest BCUT2D eigenvalue weighted by Gasteiger charge is -2.36. The molecule has 2 heterocycles. The van der Waals surface area contributed by atoms with Gasteiger partial charge in [0.25, 0.3) is 23.6 Å². The zero-order valence-corrected chi connectivity index (χ0v) is 22.6. The van der Waals surface area contributed by atoms with Crippen LogP contribution in [0.4, 0.5) is 5.69 Å². The van der Waals surface area contributed by atoms with Crippen LogP contribution in [0.2, 0.25) is 0 Å². The van der Waals surface area contributed by atoms with Crippen LogP contribution in [0, 0.1) is 0 Å². The normalized spacial score (nSPS) is 17.5. The van der Waals surface area contributed by atoms with E-state index >= 15 is 0 Å². The van der Waals surface area contributed by atoms with Crippen molar-refractivity contribution in [1.29, 1.82) is 0 Å². The van der Waals surface area contributed by atoms with E-state index in [-0.39, 0.29) is 29.7 Å². The maximum absolute atomic E-state index is 13.9. The van der Waals surface area contributed by atoms with E-state index in [2.05, 4.69) is 0 Å². The van der Waals surface area contributed by atoms with Gasteiger partial charge in [-0.1, -0.05) is 61.7 Å². The number of anilines is 1. The third-order valence-corrected chi connectivity index (χ3v) is 9.62. The Balaban J connectivity index is 1.32. The molecule has 0 aromatic heterocycles. The van der Waals surface area contributed by atoms with Gasteiger partial charge in [0.15, 0.2) is 0 Å². The summed E-state index contributed by atoms with van der Waals surface area (Å²) in [4.78, 5) is 58.0. The van der Waals surface area contributed by atoms with Crippen molar-refractivity contribution in [2.75, 3.05) is 4.90 Å². The van der Waals surface area contributed by atoms with E-state index in [1.807, 2.05) is 54.6 Å². The Morgan fingerprint density at radius 2 is 0.881 bits per heavy atom. The molecule has 6 heteroatoms. The van der Waals surface area contributed by atoms with Crippen LogP contribution in [0.25, 0.3) is 43.1 Å². The fraction of sp³-hybridized carbons (Fsp3) is 0.167. The first-order chi connectivity index (χ1) is 20.5. The molecule has 202 valence electrons. The quantitative estimate of drug-likeness (QED) is 0.128. The average molecular weight is 549 g/mol. The molecular weight excluding hydrogens is 524 g/mol. The second-order valence-corrected chi connectivity index (χ2v) is 11.7. The molecule has 0 radical (unpaired) electrons. The van der Waals surface area contributed by atoms with Gasteiger partial charge in [0.1, 0.15) is 0 Å². The van der Waals surface area contributed by atoms with Crippen LogP contribution in [0.5, 0.6) is 0 Å². The summed E-state index contributed by atoms with van der Waals surface area (Å²) in [5.74, 6) is -1.12. The maximum atomic E-state index is 13.9. The monoisotopic (exact) mass is 548 g/mol. The Hall–Kier alpha value is -5.10. The van der Waals surface area contributed by atoms with E-state index < -0.39 is 0 Å². The van der Waals surface area contributed by atoms with E-state index in [9.17, 15) is 19.2 Å². The number of imide groups is 2. The van der Waals surface area contributed by atoms with Crippen LogP contribution in [-0.2, 0) is 0 Å². The van der Waals surface area contributed by atoms with Crippen LogP contribution in [-0.4, -0.2) is 34.6 Å². The number of benzene rings is 6. The first kappa shape index (κ1) is 23.6. The van der Waals surface area contributed by atoms with Crippen LogP contribution in [0.15, 0.2) is 78.9 Å². The van der Waals surface area contributed by atoms with Crippen molar-refractivity contribution in [3.63, 3.8) is 0 Å². The maximum Gasteiger partial charge on any atom is 0.265 e. The molecule has 1 fully saturated rings. The Labute approximate surface area is 240 Å². The third kappa shape index (κ3) is 2.84. The highest BCUT2D eigenvalue weighted by Crippen LogP contribution is 2.47. The minimum Gasteiger partial charge on any atom is -0.271 e. The molecule has 3 aliphatic rings. The van der Waals surface area contributed by atoms with Crippen molar-refractivity contribution in [3.8, 4) is 0 Å². The summed E-state index contributed by atoms with van der Waals surface area (Å²) in [5, 5.41) is 6.68. The van der Waals surface area contributed by atoms with Crippen molar-refractivity contribution >= 4 is 72.4 Å². The van der Waals surface area contributed by atoms with E-state index in [1.54, 1.807) is 24.3 Å². The molecule has 0 spiro atoms. The van der Waals surface area contributed by atoms with E-state index in [0.29, 0.717) is 38.7 Å². The molecule has 6 aromatic carbocycles. The average Bonchev–Trinajstić information content (AvgIpc) is 3.03. The molecule has 0 bridgehead atoms. The van der Waals surface area contributed by atoms with Gasteiger partial charge in [-0.15, -0.1) is 0 Å².